The molecule has 25 heavy (non-hydrogen) atoms. The standard InChI is InChI=1S/C19H24FN3OS/c1-12(2)22-7-9-23(10-8-22)19(24)17-14(4)21-18(25-17)15-5-6-16(20)13(3)11-15/h5-6,11-12H,7-10H2,1-4H3. The zero-order valence-corrected chi connectivity index (χ0v) is 16.0. The van der Waals surface area contributed by atoms with Gasteiger partial charge in [-0.05, 0) is 51.5 Å². The van der Waals surface area contributed by atoms with Crippen LogP contribution in [0.4, 0.5) is 4.39 Å². The Labute approximate surface area is 152 Å². The molecule has 1 aliphatic heterocycles. The third kappa shape index (κ3) is 3.75. The van der Waals surface area contributed by atoms with Crippen molar-refractivity contribution in [1.82, 2.24) is 14.8 Å². The van der Waals surface area contributed by atoms with E-state index in [1.807, 2.05) is 11.8 Å². The first kappa shape index (κ1) is 18.0. The summed E-state index contributed by atoms with van der Waals surface area (Å²) < 4.78 is 13.5. The molecule has 0 unspecified atom stereocenters. The van der Waals surface area contributed by atoms with Crippen molar-refractivity contribution in [3.63, 3.8) is 0 Å². The highest BCUT2D eigenvalue weighted by Crippen LogP contribution is 2.30. The lowest BCUT2D eigenvalue weighted by molar-refractivity contribution is 0.0599. The molecule has 2 aromatic rings. The summed E-state index contributed by atoms with van der Waals surface area (Å²) in [6, 6.07) is 5.46. The molecule has 1 aromatic heterocycles. The van der Waals surface area contributed by atoms with Crippen molar-refractivity contribution in [2.24, 2.45) is 0 Å². The molecule has 1 saturated heterocycles. The predicted octanol–water partition coefficient (Wildman–Crippen LogP) is 3.73. The number of rotatable bonds is 3. The molecular weight excluding hydrogens is 337 g/mol. The Morgan fingerprint density at radius 3 is 2.48 bits per heavy atom. The largest absolute Gasteiger partial charge is 0.335 e. The van der Waals surface area contributed by atoms with E-state index in [1.54, 1.807) is 19.1 Å². The molecule has 0 saturated carbocycles. The van der Waals surface area contributed by atoms with E-state index < -0.39 is 0 Å². The van der Waals surface area contributed by atoms with Gasteiger partial charge in [0.05, 0.1) is 5.69 Å². The molecule has 0 radical (unpaired) electrons. The summed E-state index contributed by atoms with van der Waals surface area (Å²) in [5.74, 6) is -0.167. The molecule has 134 valence electrons. The molecule has 4 nitrogen and oxygen atoms in total. The van der Waals surface area contributed by atoms with E-state index in [2.05, 4.69) is 23.7 Å². The third-order valence-corrected chi connectivity index (χ3v) is 5.92. The van der Waals surface area contributed by atoms with Crippen LogP contribution in [-0.2, 0) is 0 Å². The fourth-order valence-corrected chi connectivity index (χ4v) is 4.11. The number of amides is 1. The van der Waals surface area contributed by atoms with E-state index in [0.717, 1.165) is 42.4 Å². The summed E-state index contributed by atoms with van der Waals surface area (Å²) in [6.07, 6.45) is 0. The number of thiazole rings is 1. The Morgan fingerprint density at radius 2 is 1.88 bits per heavy atom. The maximum Gasteiger partial charge on any atom is 0.265 e. The van der Waals surface area contributed by atoms with E-state index in [1.165, 1.54) is 17.4 Å². The molecule has 3 rings (SSSR count). The van der Waals surface area contributed by atoms with Crippen molar-refractivity contribution in [3.05, 3.63) is 40.2 Å². The van der Waals surface area contributed by atoms with Crippen molar-refractivity contribution >= 4 is 17.2 Å². The van der Waals surface area contributed by atoms with Crippen LogP contribution in [0.5, 0.6) is 0 Å². The lowest BCUT2D eigenvalue weighted by Gasteiger charge is -2.36. The number of carbonyl (C=O) groups excluding carboxylic acids is 1. The number of piperazine rings is 1. The van der Waals surface area contributed by atoms with Gasteiger partial charge in [0.2, 0.25) is 0 Å². The van der Waals surface area contributed by atoms with Gasteiger partial charge in [-0.15, -0.1) is 11.3 Å². The van der Waals surface area contributed by atoms with Crippen LogP contribution < -0.4 is 0 Å². The van der Waals surface area contributed by atoms with Crippen molar-refractivity contribution in [2.75, 3.05) is 26.2 Å². The summed E-state index contributed by atoms with van der Waals surface area (Å²) in [5.41, 5.74) is 2.19. The fourth-order valence-electron chi connectivity index (χ4n) is 3.08. The predicted molar refractivity (Wildman–Crippen MR) is 99.6 cm³/mol. The molecule has 0 bridgehead atoms. The second-order valence-electron chi connectivity index (χ2n) is 6.82. The first-order chi connectivity index (χ1) is 11.9. The summed E-state index contributed by atoms with van der Waals surface area (Å²) in [5, 5.41) is 0.768. The van der Waals surface area contributed by atoms with E-state index in [0.29, 0.717) is 16.5 Å². The first-order valence-corrected chi connectivity index (χ1v) is 9.45. The van der Waals surface area contributed by atoms with Gasteiger partial charge in [0.25, 0.3) is 5.91 Å². The van der Waals surface area contributed by atoms with E-state index >= 15 is 0 Å². The Morgan fingerprint density at radius 1 is 1.20 bits per heavy atom. The van der Waals surface area contributed by atoms with Crippen molar-refractivity contribution in [3.8, 4) is 10.6 Å². The lowest BCUT2D eigenvalue weighted by Crippen LogP contribution is -2.50. The molecule has 0 spiro atoms. The van der Waals surface area contributed by atoms with E-state index in [-0.39, 0.29) is 11.7 Å². The zero-order chi connectivity index (χ0) is 18.1. The quantitative estimate of drug-likeness (QED) is 0.836. The van der Waals surface area contributed by atoms with Crippen LogP contribution in [-0.4, -0.2) is 52.9 Å². The van der Waals surface area contributed by atoms with Crippen LogP contribution in [0.2, 0.25) is 0 Å². The number of halogens is 1. The molecule has 1 amide bonds. The Balaban J connectivity index is 1.78. The van der Waals surface area contributed by atoms with Gasteiger partial charge in [-0.25, -0.2) is 9.37 Å². The zero-order valence-electron chi connectivity index (χ0n) is 15.2. The van der Waals surface area contributed by atoms with Crippen molar-refractivity contribution < 1.29 is 9.18 Å². The van der Waals surface area contributed by atoms with Crippen LogP contribution >= 0.6 is 11.3 Å². The topological polar surface area (TPSA) is 36.4 Å². The van der Waals surface area contributed by atoms with Crippen LogP contribution in [0.15, 0.2) is 18.2 Å². The summed E-state index contributed by atoms with van der Waals surface area (Å²) in [4.78, 5) is 22.4. The summed E-state index contributed by atoms with van der Waals surface area (Å²) >= 11 is 1.40. The van der Waals surface area contributed by atoms with Crippen molar-refractivity contribution in [1.29, 1.82) is 0 Å². The van der Waals surface area contributed by atoms with Gasteiger partial charge in [-0.3, -0.25) is 9.69 Å². The van der Waals surface area contributed by atoms with Crippen LogP contribution in [0, 0.1) is 19.7 Å². The van der Waals surface area contributed by atoms with Crippen molar-refractivity contribution in [2.45, 2.75) is 33.7 Å². The molecule has 6 heteroatoms. The minimum atomic E-state index is -0.226. The highest BCUT2D eigenvalue weighted by Gasteiger charge is 2.26. The monoisotopic (exact) mass is 361 g/mol. The highest BCUT2D eigenvalue weighted by atomic mass is 32.1. The number of benzene rings is 1. The SMILES string of the molecule is Cc1cc(-c2nc(C)c(C(=O)N3CCN(C(C)C)CC3)s2)ccc1F. The number of aryl methyl sites for hydroxylation is 2. The number of nitrogens with zero attached hydrogens (tertiary/aromatic N) is 3. The van der Waals surface area contributed by atoms with E-state index in [9.17, 15) is 9.18 Å². The second-order valence-corrected chi connectivity index (χ2v) is 7.82. The molecular formula is C19H24FN3OS. The first-order valence-electron chi connectivity index (χ1n) is 8.64. The highest BCUT2D eigenvalue weighted by molar-refractivity contribution is 7.17. The van der Waals surface area contributed by atoms with Gasteiger partial charge >= 0.3 is 0 Å². The number of hydrogen-bond donors (Lipinski definition) is 0. The second kappa shape index (κ2) is 7.22. The number of carbonyl (C=O) groups is 1. The fraction of sp³-hybridized carbons (Fsp3) is 0.474. The number of hydrogen-bond acceptors (Lipinski definition) is 4. The van der Waals surface area contributed by atoms with E-state index in [4.69, 9.17) is 0 Å². The molecule has 0 N–H and O–H groups in total. The van der Waals surface area contributed by atoms with Gasteiger partial charge in [0, 0.05) is 37.8 Å². The maximum atomic E-state index is 13.5. The normalized spacial score (nSPS) is 15.8. The minimum Gasteiger partial charge on any atom is -0.335 e. The molecule has 1 aliphatic rings. The van der Waals surface area contributed by atoms with Gasteiger partial charge in [0.1, 0.15) is 15.7 Å². The van der Waals surface area contributed by atoms with Gasteiger partial charge < -0.3 is 4.90 Å². The van der Waals surface area contributed by atoms with Crippen LogP contribution in [0.3, 0.4) is 0 Å². The van der Waals surface area contributed by atoms with Crippen LogP contribution in [0.25, 0.3) is 10.6 Å². The molecule has 0 atom stereocenters. The molecule has 2 heterocycles. The van der Waals surface area contributed by atoms with Gasteiger partial charge in [-0.1, -0.05) is 0 Å². The number of aromatic nitrogens is 1. The Kier molecular flexibility index (Phi) is 5.20. The molecule has 1 fully saturated rings. The van der Waals surface area contributed by atoms with Crippen LogP contribution in [0.1, 0.15) is 34.8 Å². The molecule has 1 aromatic carbocycles. The third-order valence-electron chi connectivity index (χ3n) is 4.73. The summed E-state index contributed by atoms with van der Waals surface area (Å²) in [7, 11) is 0. The molecule has 0 aliphatic carbocycles. The smallest absolute Gasteiger partial charge is 0.265 e. The Bertz CT molecular complexity index is 779. The average Bonchev–Trinajstić information content (AvgIpc) is 2.98. The Hall–Kier alpha value is -1.79. The summed E-state index contributed by atoms with van der Waals surface area (Å²) in [6.45, 7) is 11.3. The van der Waals surface area contributed by atoms with Gasteiger partial charge in [-0.2, -0.15) is 0 Å². The lowest BCUT2D eigenvalue weighted by atomic mass is 10.1. The van der Waals surface area contributed by atoms with Gasteiger partial charge in [0.15, 0.2) is 0 Å². The minimum absolute atomic E-state index is 0.0588. The average molecular weight is 361 g/mol. The maximum absolute atomic E-state index is 13.5.